The minimum atomic E-state index is -5.73. The predicted octanol–water partition coefficient (Wildman–Crippen LogP) is 1.67. The molecule has 0 saturated heterocycles. The number of alkyl halides is 3. The van der Waals surface area contributed by atoms with Crippen LogP contribution in [0.3, 0.4) is 0 Å². The summed E-state index contributed by atoms with van der Waals surface area (Å²) in [5.74, 6) is -0.762. The highest BCUT2D eigenvalue weighted by Gasteiger charge is 2.49. The molecule has 1 aromatic rings. The summed E-state index contributed by atoms with van der Waals surface area (Å²) in [6.45, 7) is 1.28. The number of nitrogens with zero attached hydrogens (tertiary/aromatic N) is 2. The Bertz CT molecular complexity index is 502. The van der Waals surface area contributed by atoms with Gasteiger partial charge in [-0.3, -0.25) is 0 Å². The van der Waals surface area contributed by atoms with Gasteiger partial charge in [0.05, 0.1) is 0 Å². The van der Waals surface area contributed by atoms with E-state index < -0.39 is 21.5 Å². The van der Waals surface area contributed by atoms with Crippen molar-refractivity contribution in [3.8, 4) is 5.88 Å². The van der Waals surface area contributed by atoms with Gasteiger partial charge in [-0.05, 0) is 13.0 Å². The van der Waals surface area contributed by atoms with Gasteiger partial charge in [0.1, 0.15) is 0 Å². The lowest BCUT2D eigenvalue weighted by molar-refractivity contribution is -0.0501. The van der Waals surface area contributed by atoms with Gasteiger partial charge in [-0.25, -0.2) is 0 Å². The number of rotatable bonds is 2. The van der Waals surface area contributed by atoms with E-state index in [0.717, 1.165) is 6.07 Å². The Kier molecular flexibility index (Phi) is 3.29. The Morgan fingerprint density at radius 3 is 2.38 bits per heavy atom. The zero-order valence-corrected chi connectivity index (χ0v) is 9.19. The van der Waals surface area contributed by atoms with Crippen molar-refractivity contribution in [1.82, 2.24) is 10.2 Å². The average molecular weight is 277 g/mol. The molecule has 0 saturated carbocycles. The molecule has 1 aromatic heterocycles. The van der Waals surface area contributed by atoms with E-state index >= 15 is 0 Å². The number of hydrogen-bond donors (Lipinski definition) is 0. The van der Waals surface area contributed by atoms with Crippen LogP contribution in [0.1, 0.15) is 5.56 Å². The number of hydrogen-bond acceptors (Lipinski definition) is 5. The van der Waals surface area contributed by atoms with Gasteiger partial charge in [-0.2, -0.15) is 21.6 Å². The summed E-state index contributed by atoms with van der Waals surface area (Å²) in [4.78, 5) is 0. The van der Waals surface area contributed by atoms with Gasteiger partial charge in [0.25, 0.3) is 5.88 Å². The summed E-state index contributed by atoms with van der Waals surface area (Å²) < 4.78 is 60.8. The lowest BCUT2D eigenvalue weighted by Gasteiger charge is -2.09. The molecule has 1 heterocycles. The van der Waals surface area contributed by atoms with Gasteiger partial charge in [0.2, 0.25) is 0 Å². The highest BCUT2D eigenvalue weighted by molar-refractivity contribution is 7.87. The molecule has 16 heavy (non-hydrogen) atoms. The molecule has 0 radical (unpaired) electrons. The van der Waals surface area contributed by atoms with Crippen LogP contribution in [0.25, 0.3) is 0 Å². The maximum atomic E-state index is 11.9. The van der Waals surface area contributed by atoms with Crippen molar-refractivity contribution in [2.24, 2.45) is 0 Å². The van der Waals surface area contributed by atoms with Crippen LogP contribution in [-0.2, 0) is 10.1 Å². The molecule has 0 amide bonds. The lowest BCUT2D eigenvalue weighted by Crippen LogP contribution is -2.28. The molecule has 0 aliphatic heterocycles. The zero-order valence-electron chi connectivity index (χ0n) is 7.62. The van der Waals surface area contributed by atoms with Crippen molar-refractivity contribution in [2.45, 2.75) is 12.4 Å². The fraction of sp³-hybridized carbons (Fsp3) is 0.333. The summed E-state index contributed by atoms with van der Waals surface area (Å²) in [7, 11) is -5.73. The molecule has 0 unspecified atom stereocenters. The van der Waals surface area contributed by atoms with Crippen LogP contribution in [0.15, 0.2) is 6.07 Å². The van der Waals surface area contributed by atoms with E-state index in [-0.39, 0.29) is 10.7 Å². The van der Waals surface area contributed by atoms with Gasteiger partial charge in [-0.15, -0.1) is 10.2 Å². The van der Waals surface area contributed by atoms with Crippen molar-refractivity contribution in [2.75, 3.05) is 0 Å². The zero-order chi connectivity index (χ0) is 12.6. The summed E-state index contributed by atoms with van der Waals surface area (Å²) in [5.41, 5.74) is -5.49. The average Bonchev–Trinajstić information content (AvgIpc) is 2.08. The molecule has 1 rings (SSSR count). The predicted molar refractivity (Wildman–Crippen MR) is 47.4 cm³/mol. The smallest absolute Gasteiger partial charge is 0.353 e. The molecule has 90 valence electrons. The van der Waals surface area contributed by atoms with Crippen molar-refractivity contribution in [3.05, 3.63) is 16.8 Å². The molecule has 0 spiro atoms. The van der Waals surface area contributed by atoms with E-state index in [9.17, 15) is 21.6 Å². The maximum absolute atomic E-state index is 11.9. The monoisotopic (exact) mass is 276 g/mol. The molecule has 0 fully saturated rings. The first-order valence-electron chi connectivity index (χ1n) is 3.64. The first kappa shape index (κ1) is 13.0. The van der Waals surface area contributed by atoms with Crippen molar-refractivity contribution >= 4 is 21.7 Å². The minimum absolute atomic E-state index is 0.0211. The molecule has 0 N–H and O–H groups in total. The SMILES string of the molecule is Cc1cc(Cl)nnc1OS(=O)(=O)C(F)(F)F. The second kappa shape index (κ2) is 4.06. The number of halogens is 4. The minimum Gasteiger partial charge on any atom is -0.353 e. The second-order valence-corrected chi connectivity index (χ2v) is 4.56. The van der Waals surface area contributed by atoms with E-state index in [4.69, 9.17) is 11.6 Å². The molecule has 10 heteroatoms. The fourth-order valence-electron chi connectivity index (χ4n) is 0.675. The van der Waals surface area contributed by atoms with E-state index in [1.54, 1.807) is 0 Å². The van der Waals surface area contributed by atoms with Gasteiger partial charge < -0.3 is 4.18 Å². The summed E-state index contributed by atoms with van der Waals surface area (Å²) in [6, 6.07) is 1.12. The molecular formula is C6H4ClF3N2O3S. The Hall–Kier alpha value is -1.09. The molecule has 0 bridgehead atoms. The number of aryl methyl sites for hydroxylation is 1. The Balaban J connectivity index is 3.07. The maximum Gasteiger partial charge on any atom is 0.534 e. The third-order valence-corrected chi connectivity index (χ3v) is 2.51. The van der Waals surface area contributed by atoms with Crippen LogP contribution in [-0.4, -0.2) is 24.1 Å². The summed E-state index contributed by atoms with van der Waals surface area (Å²) >= 11 is 5.38. The molecule has 0 aromatic carbocycles. The molecular weight excluding hydrogens is 273 g/mol. The summed E-state index contributed by atoms with van der Waals surface area (Å²) in [5, 5.41) is 6.17. The molecule has 0 atom stereocenters. The lowest BCUT2D eigenvalue weighted by atomic mass is 10.3. The van der Waals surface area contributed by atoms with E-state index in [1.807, 2.05) is 0 Å². The van der Waals surface area contributed by atoms with Crippen molar-refractivity contribution in [1.29, 1.82) is 0 Å². The number of aromatic nitrogens is 2. The summed E-state index contributed by atoms with van der Waals surface area (Å²) in [6.07, 6.45) is 0. The third kappa shape index (κ3) is 2.73. The quantitative estimate of drug-likeness (QED) is 0.607. The van der Waals surface area contributed by atoms with Crippen LogP contribution in [0.2, 0.25) is 5.15 Å². The van der Waals surface area contributed by atoms with Crippen LogP contribution in [0.4, 0.5) is 13.2 Å². The van der Waals surface area contributed by atoms with E-state index in [0.29, 0.717) is 0 Å². The van der Waals surface area contributed by atoms with Crippen molar-refractivity contribution in [3.63, 3.8) is 0 Å². The molecule has 5 nitrogen and oxygen atoms in total. The van der Waals surface area contributed by atoms with E-state index in [1.165, 1.54) is 6.92 Å². The second-order valence-electron chi connectivity index (χ2n) is 2.64. The van der Waals surface area contributed by atoms with Crippen LogP contribution < -0.4 is 4.18 Å². The standard InChI is InChI=1S/C6H4ClF3N2O3S/c1-3-2-4(7)11-12-5(3)15-16(13,14)6(8,9)10/h2H,1H3. The van der Waals surface area contributed by atoms with Gasteiger partial charge >= 0.3 is 15.6 Å². The third-order valence-electron chi connectivity index (χ3n) is 1.38. The highest BCUT2D eigenvalue weighted by atomic mass is 35.5. The van der Waals surface area contributed by atoms with E-state index in [2.05, 4.69) is 14.4 Å². The first-order valence-corrected chi connectivity index (χ1v) is 5.42. The fourth-order valence-corrected chi connectivity index (χ4v) is 1.34. The van der Waals surface area contributed by atoms with Crippen LogP contribution in [0.5, 0.6) is 5.88 Å². The van der Waals surface area contributed by atoms with Gasteiger partial charge in [0.15, 0.2) is 5.15 Å². The van der Waals surface area contributed by atoms with Crippen LogP contribution in [0, 0.1) is 6.92 Å². The normalized spacial score (nSPS) is 12.6. The van der Waals surface area contributed by atoms with Crippen molar-refractivity contribution < 1.29 is 25.8 Å². The van der Waals surface area contributed by atoms with Gasteiger partial charge in [0, 0.05) is 5.56 Å². The first-order chi connectivity index (χ1) is 7.13. The van der Waals surface area contributed by atoms with Gasteiger partial charge in [-0.1, -0.05) is 11.6 Å². The Labute approximate surface area is 93.3 Å². The molecule has 0 aliphatic carbocycles. The highest BCUT2D eigenvalue weighted by Crippen LogP contribution is 2.27. The Morgan fingerprint density at radius 1 is 1.38 bits per heavy atom. The largest absolute Gasteiger partial charge is 0.534 e. The van der Waals surface area contributed by atoms with Crippen LogP contribution >= 0.6 is 11.6 Å². The topological polar surface area (TPSA) is 69.2 Å². The Morgan fingerprint density at radius 2 is 1.94 bits per heavy atom. The molecule has 0 aliphatic rings.